The van der Waals surface area contributed by atoms with Crippen molar-refractivity contribution in [3.8, 4) is 0 Å². The number of carbonyl (C=O) groups is 1. The Kier molecular flexibility index (Phi) is 6.82. The number of nitrogens with zero attached hydrogens (tertiary/aromatic N) is 4. The number of piperidine rings is 2. The zero-order valence-corrected chi connectivity index (χ0v) is 18.0. The molecule has 0 atom stereocenters. The molecule has 1 N–H and O–H groups in total. The summed E-state index contributed by atoms with van der Waals surface area (Å²) in [5.41, 5.74) is 3.60. The van der Waals surface area contributed by atoms with Crippen LogP contribution in [0, 0.1) is 12.8 Å². The van der Waals surface area contributed by atoms with E-state index >= 15 is 0 Å². The van der Waals surface area contributed by atoms with E-state index in [9.17, 15) is 4.79 Å². The van der Waals surface area contributed by atoms with Crippen molar-refractivity contribution in [2.45, 2.75) is 45.4 Å². The predicted octanol–water partition coefficient (Wildman–Crippen LogP) is 3.35. The van der Waals surface area contributed by atoms with Crippen molar-refractivity contribution in [1.82, 2.24) is 15.3 Å². The van der Waals surface area contributed by atoms with Crippen molar-refractivity contribution in [3.63, 3.8) is 0 Å². The highest BCUT2D eigenvalue weighted by Crippen LogP contribution is 2.24. The molecular weight excluding hydrogens is 374 g/mol. The van der Waals surface area contributed by atoms with E-state index in [0.717, 1.165) is 57.1 Å². The highest BCUT2D eigenvalue weighted by atomic mass is 16.1. The molecule has 3 heterocycles. The summed E-state index contributed by atoms with van der Waals surface area (Å²) >= 11 is 0. The molecule has 1 amide bonds. The van der Waals surface area contributed by atoms with Gasteiger partial charge in [0.1, 0.15) is 0 Å². The second-order valence-corrected chi connectivity index (χ2v) is 8.58. The minimum atomic E-state index is 0.104. The molecule has 2 fully saturated rings. The fourth-order valence-electron chi connectivity index (χ4n) is 4.36. The molecule has 0 spiro atoms. The van der Waals surface area contributed by atoms with Crippen LogP contribution in [0.1, 0.15) is 43.2 Å². The first-order valence-corrected chi connectivity index (χ1v) is 11.3. The largest absolute Gasteiger partial charge is 0.369 e. The quantitative estimate of drug-likeness (QED) is 0.796. The van der Waals surface area contributed by atoms with E-state index in [1.54, 1.807) is 0 Å². The lowest BCUT2D eigenvalue weighted by Gasteiger charge is -2.33. The second-order valence-electron chi connectivity index (χ2n) is 8.58. The molecule has 1 aromatic heterocycles. The lowest BCUT2D eigenvalue weighted by Crippen LogP contribution is -2.41. The van der Waals surface area contributed by atoms with Gasteiger partial charge in [-0.1, -0.05) is 29.8 Å². The summed E-state index contributed by atoms with van der Waals surface area (Å²) in [6.07, 6.45) is 10.3. The first-order valence-electron chi connectivity index (χ1n) is 11.3. The molecule has 6 heteroatoms. The molecule has 2 saturated heterocycles. The van der Waals surface area contributed by atoms with Crippen LogP contribution in [0.4, 0.5) is 11.6 Å². The van der Waals surface area contributed by atoms with Gasteiger partial charge in [0.2, 0.25) is 11.9 Å². The molecule has 2 aliphatic heterocycles. The van der Waals surface area contributed by atoms with Crippen LogP contribution < -0.4 is 15.1 Å². The van der Waals surface area contributed by atoms with E-state index in [2.05, 4.69) is 56.3 Å². The van der Waals surface area contributed by atoms with E-state index in [4.69, 9.17) is 0 Å². The molecule has 1 aromatic carbocycles. The average Bonchev–Trinajstić information content (AvgIpc) is 2.81. The van der Waals surface area contributed by atoms with E-state index < -0.39 is 0 Å². The number of benzene rings is 1. The average molecular weight is 408 g/mol. The van der Waals surface area contributed by atoms with Crippen LogP contribution in [-0.4, -0.2) is 48.6 Å². The Morgan fingerprint density at radius 3 is 2.30 bits per heavy atom. The highest BCUT2D eigenvalue weighted by Gasteiger charge is 2.25. The molecule has 0 aliphatic carbocycles. The Morgan fingerprint density at radius 2 is 1.63 bits per heavy atom. The number of anilines is 2. The summed E-state index contributed by atoms with van der Waals surface area (Å²) in [4.78, 5) is 26.3. The Labute approximate surface area is 179 Å². The highest BCUT2D eigenvalue weighted by molar-refractivity contribution is 5.79. The van der Waals surface area contributed by atoms with E-state index in [1.807, 2.05) is 12.4 Å². The third-order valence-corrected chi connectivity index (χ3v) is 6.33. The molecule has 0 bridgehead atoms. The summed E-state index contributed by atoms with van der Waals surface area (Å²) in [6.45, 7) is 6.67. The predicted molar refractivity (Wildman–Crippen MR) is 121 cm³/mol. The Bertz CT molecular complexity index is 806. The van der Waals surface area contributed by atoms with E-state index in [0.29, 0.717) is 6.54 Å². The standard InChI is InChI=1S/C24H33N5O/c1-19-5-7-20(8-6-19)9-12-25-23(30)21-10-15-28(16-11-21)22-17-26-24(27-18-22)29-13-3-2-4-14-29/h5-8,17-18,21H,2-4,9-16H2,1H3,(H,25,30). The first kappa shape index (κ1) is 20.6. The van der Waals surface area contributed by atoms with Gasteiger partial charge in [0.05, 0.1) is 18.1 Å². The van der Waals surface area contributed by atoms with Crippen LogP contribution in [0.25, 0.3) is 0 Å². The number of hydrogen-bond acceptors (Lipinski definition) is 5. The van der Waals surface area contributed by atoms with Crippen LogP contribution in [-0.2, 0) is 11.2 Å². The molecule has 30 heavy (non-hydrogen) atoms. The fraction of sp³-hybridized carbons (Fsp3) is 0.542. The molecule has 6 nitrogen and oxygen atoms in total. The van der Waals surface area contributed by atoms with Crippen LogP contribution in [0.3, 0.4) is 0 Å². The van der Waals surface area contributed by atoms with Crippen molar-refractivity contribution in [3.05, 3.63) is 47.8 Å². The van der Waals surface area contributed by atoms with Gasteiger partial charge < -0.3 is 15.1 Å². The fourth-order valence-corrected chi connectivity index (χ4v) is 4.36. The monoisotopic (exact) mass is 407 g/mol. The zero-order valence-electron chi connectivity index (χ0n) is 18.0. The molecule has 0 radical (unpaired) electrons. The molecule has 0 unspecified atom stereocenters. The normalized spacial score (nSPS) is 17.8. The number of hydrogen-bond donors (Lipinski definition) is 1. The molecular formula is C24H33N5O. The summed E-state index contributed by atoms with van der Waals surface area (Å²) in [5.74, 6) is 1.15. The van der Waals surface area contributed by atoms with Crippen LogP contribution in [0.2, 0.25) is 0 Å². The number of aromatic nitrogens is 2. The van der Waals surface area contributed by atoms with Gasteiger partial charge in [0.15, 0.2) is 0 Å². The van der Waals surface area contributed by atoms with Gasteiger partial charge in [-0.15, -0.1) is 0 Å². The smallest absolute Gasteiger partial charge is 0.225 e. The topological polar surface area (TPSA) is 61.4 Å². The summed E-state index contributed by atoms with van der Waals surface area (Å²) in [5, 5.41) is 3.13. The maximum absolute atomic E-state index is 12.5. The van der Waals surface area contributed by atoms with E-state index in [-0.39, 0.29) is 11.8 Å². The summed E-state index contributed by atoms with van der Waals surface area (Å²) in [6, 6.07) is 8.52. The van der Waals surface area contributed by atoms with E-state index in [1.165, 1.54) is 30.4 Å². The van der Waals surface area contributed by atoms with Gasteiger partial charge in [-0.05, 0) is 51.0 Å². The number of rotatable bonds is 6. The van der Waals surface area contributed by atoms with Gasteiger partial charge in [0.25, 0.3) is 0 Å². The van der Waals surface area contributed by atoms with Gasteiger partial charge in [0, 0.05) is 38.6 Å². The summed E-state index contributed by atoms with van der Waals surface area (Å²) < 4.78 is 0. The SMILES string of the molecule is Cc1ccc(CCNC(=O)C2CCN(c3cnc(N4CCCCC4)nc3)CC2)cc1. The van der Waals surface area contributed by atoms with Crippen molar-refractivity contribution in [2.75, 3.05) is 42.5 Å². The Balaban J connectivity index is 1.21. The third kappa shape index (κ3) is 5.29. The maximum Gasteiger partial charge on any atom is 0.225 e. The maximum atomic E-state index is 12.5. The molecule has 2 aliphatic rings. The van der Waals surface area contributed by atoms with Gasteiger partial charge in [-0.2, -0.15) is 0 Å². The van der Waals surface area contributed by atoms with Crippen molar-refractivity contribution in [2.24, 2.45) is 5.92 Å². The molecule has 4 rings (SSSR count). The second kappa shape index (κ2) is 9.92. The molecule has 2 aromatic rings. The van der Waals surface area contributed by atoms with Gasteiger partial charge in [-0.25, -0.2) is 9.97 Å². The number of aryl methyl sites for hydroxylation is 1. The van der Waals surface area contributed by atoms with Crippen LogP contribution in [0.5, 0.6) is 0 Å². The van der Waals surface area contributed by atoms with Gasteiger partial charge in [-0.3, -0.25) is 4.79 Å². The van der Waals surface area contributed by atoms with Crippen LogP contribution >= 0.6 is 0 Å². The van der Waals surface area contributed by atoms with Crippen LogP contribution in [0.15, 0.2) is 36.7 Å². The Hall–Kier alpha value is -2.63. The number of amides is 1. The number of nitrogens with one attached hydrogen (secondary N) is 1. The third-order valence-electron chi connectivity index (χ3n) is 6.33. The van der Waals surface area contributed by atoms with Gasteiger partial charge >= 0.3 is 0 Å². The first-order chi connectivity index (χ1) is 14.7. The minimum Gasteiger partial charge on any atom is -0.369 e. The molecule has 0 saturated carbocycles. The number of carbonyl (C=O) groups excluding carboxylic acids is 1. The minimum absolute atomic E-state index is 0.104. The van der Waals surface area contributed by atoms with Crippen molar-refractivity contribution >= 4 is 17.5 Å². The van der Waals surface area contributed by atoms with Crippen molar-refractivity contribution in [1.29, 1.82) is 0 Å². The Morgan fingerprint density at radius 1 is 0.967 bits per heavy atom. The van der Waals surface area contributed by atoms with Crippen molar-refractivity contribution < 1.29 is 4.79 Å². The lowest BCUT2D eigenvalue weighted by atomic mass is 9.95. The zero-order chi connectivity index (χ0) is 20.8. The lowest BCUT2D eigenvalue weighted by molar-refractivity contribution is -0.125. The molecule has 160 valence electrons. The summed E-state index contributed by atoms with van der Waals surface area (Å²) in [7, 11) is 0.